The molecule has 1 N–H and O–H groups in total. The Hall–Kier alpha value is -2.18. The zero-order valence-electron chi connectivity index (χ0n) is 14.5. The van der Waals surface area contributed by atoms with Crippen molar-refractivity contribution in [3.63, 3.8) is 0 Å². The molecule has 0 amide bonds. The molecule has 1 aliphatic heterocycles. The first-order valence-electron chi connectivity index (χ1n) is 8.66. The summed E-state index contributed by atoms with van der Waals surface area (Å²) in [5.41, 5.74) is 1.48. The summed E-state index contributed by atoms with van der Waals surface area (Å²) < 4.78 is 6.41. The summed E-state index contributed by atoms with van der Waals surface area (Å²) in [4.78, 5) is 7.02. The quantitative estimate of drug-likeness (QED) is 0.696. The van der Waals surface area contributed by atoms with Gasteiger partial charge in [0.1, 0.15) is 5.75 Å². The lowest BCUT2D eigenvalue weighted by molar-refractivity contribution is 0.203. The van der Waals surface area contributed by atoms with Crippen molar-refractivity contribution < 1.29 is 9.63 Å². The van der Waals surface area contributed by atoms with Crippen molar-refractivity contribution in [2.75, 3.05) is 20.1 Å². The summed E-state index contributed by atoms with van der Waals surface area (Å²) in [6.07, 6.45) is 1.86. The van der Waals surface area contributed by atoms with Gasteiger partial charge >= 0.3 is 0 Å². The first kappa shape index (κ1) is 17.2. The minimum Gasteiger partial charge on any atom is -0.507 e. The van der Waals surface area contributed by atoms with E-state index in [1.807, 2.05) is 6.07 Å². The number of nitrogens with zero attached hydrogens (tertiary/aromatic N) is 3. The Morgan fingerprint density at radius 3 is 2.58 bits per heavy atom. The molecule has 0 bridgehead atoms. The number of benzene rings is 2. The molecule has 6 heteroatoms. The van der Waals surface area contributed by atoms with Gasteiger partial charge in [-0.15, -0.1) is 0 Å². The highest BCUT2D eigenvalue weighted by atomic mass is 79.9. The van der Waals surface area contributed by atoms with Crippen LogP contribution >= 0.6 is 15.9 Å². The highest BCUT2D eigenvalue weighted by Gasteiger charge is 2.41. The van der Waals surface area contributed by atoms with Crippen LogP contribution in [0, 0.1) is 0 Å². The van der Waals surface area contributed by atoms with E-state index in [2.05, 4.69) is 57.3 Å². The fourth-order valence-electron chi connectivity index (χ4n) is 3.61. The van der Waals surface area contributed by atoms with Gasteiger partial charge in [0.25, 0.3) is 5.89 Å². The summed E-state index contributed by atoms with van der Waals surface area (Å²) in [7, 11) is 2.14. The van der Waals surface area contributed by atoms with E-state index in [0.717, 1.165) is 30.4 Å². The third kappa shape index (κ3) is 3.04. The summed E-state index contributed by atoms with van der Waals surface area (Å²) in [5.74, 6) is 1.15. The number of halogens is 1. The van der Waals surface area contributed by atoms with Crippen LogP contribution in [0.25, 0.3) is 11.5 Å². The van der Waals surface area contributed by atoms with Crippen LogP contribution in [0.4, 0.5) is 0 Å². The smallest absolute Gasteiger partial charge is 0.261 e. The Balaban J connectivity index is 1.79. The summed E-state index contributed by atoms with van der Waals surface area (Å²) >= 11 is 3.42. The third-order valence-corrected chi connectivity index (χ3v) is 5.70. The topological polar surface area (TPSA) is 62.4 Å². The van der Waals surface area contributed by atoms with Crippen LogP contribution in [0.2, 0.25) is 0 Å². The van der Waals surface area contributed by atoms with Gasteiger partial charge in [-0.05, 0) is 56.7 Å². The van der Waals surface area contributed by atoms with Crippen LogP contribution in [0.15, 0.2) is 57.5 Å². The Labute approximate surface area is 160 Å². The first-order valence-corrected chi connectivity index (χ1v) is 9.45. The predicted molar refractivity (Wildman–Crippen MR) is 103 cm³/mol. The molecule has 0 radical (unpaired) electrons. The number of piperidine rings is 1. The molecule has 0 aliphatic carbocycles. The van der Waals surface area contributed by atoms with Gasteiger partial charge in [0.15, 0.2) is 5.82 Å². The van der Waals surface area contributed by atoms with Crippen LogP contribution in [0.3, 0.4) is 0 Å². The molecule has 0 spiro atoms. The van der Waals surface area contributed by atoms with E-state index in [1.165, 1.54) is 5.56 Å². The van der Waals surface area contributed by atoms with Gasteiger partial charge in [-0.2, -0.15) is 4.98 Å². The number of likely N-dealkylation sites (tertiary alicyclic amines) is 1. The molecule has 2 heterocycles. The van der Waals surface area contributed by atoms with Gasteiger partial charge in [0.2, 0.25) is 0 Å². The van der Waals surface area contributed by atoms with Gasteiger partial charge in [-0.25, -0.2) is 0 Å². The van der Waals surface area contributed by atoms with E-state index in [0.29, 0.717) is 17.3 Å². The van der Waals surface area contributed by atoms with Gasteiger partial charge in [0.05, 0.1) is 11.0 Å². The standard InChI is InChI=1S/C20H20BrN3O2/c1-24-11-9-20(10-12-24,14-5-3-2-4-6-14)19-22-18(26-23-19)16-13-15(21)7-8-17(16)25/h2-8,13,25H,9-12H2,1H3. The van der Waals surface area contributed by atoms with Crippen LogP contribution in [0.1, 0.15) is 24.2 Å². The Bertz CT molecular complexity index is 902. The number of rotatable bonds is 3. The first-order chi connectivity index (χ1) is 12.6. The van der Waals surface area contributed by atoms with E-state index in [-0.39, 0.29) is 11.2 Å². The maximum atomic E-state index is 10.2. The molecular formula is C20H20BrN3O2. The van der Waals surface area contributed by atoms with Crippen molar-refractivity contribution in [2.45, 2.75) is 18.3 Å². The lowest BCUT2D eigenvalue weighted by Gasteiger charge is -2.38. The lowest BCUT2D eigenvalue weighted by atomic mass is 9.72. The molecule has 134 valence electrons. The Morgan fingerprint density at radius 1 is 1.12 bits per heavy atom. The van der Waals surface area contributed by atoms with Crippen LogP contribution in [-0.2, 0) is 5.41 Å². The van der Waals surface area contributed by atoms with Gasteiger partial charge in [0, 0.05) is 4.47 Å². The normalized spacial score (nSPS) is 17.3. The SMILES string of the molecule is CN1CCC(c2ccccc2)(c2noc(-c3cc(Br)ccc3O)n2)CC1. The molecular weight excluding hydrogens is 394 g/mol. The van der Waals surface area contributed by atoms with Crippen molar-refractivity contribution >= 4 is 15.9 Å². The Morgan fingerprint density at radius 2 is 1.85 bits per heavy atom. The molecule has 26 heavy (non-hydrogen) atoms. The zero-order chi connectivity index (χ0) is 18.1. The monoisotopic (exact) mass is 413 g/mol. The molecule has 5 nitrogen and oxygen atoms in total. The molecule has 1 fully saturated rings. The lowest BCUT2D eigenvalue weighted by Crippen LogP contribution is -2.42. The fraction of sp³-hybridized carbons (Fsp3) is 0.300. The molecule has 0 saturated carbocycles. The molecule has 2 aromatic carbocycles. The Kier molecular flexibility index (Phi) is 4.54. The van der Waals surface area contributed by atoms with E-state index >= 15 is 0 Å². The van der Waals surface area contributed by atoms with Crippen molar-refractivity contribution in [3.8, 4) is 17.2 Å². The van der Waals surface area contributed by atoms with E-state index in [4.69, 9.17) is 9.51 Å². The second kappa shape index (κ2) is 6.85. The van der Waals surface area contributed by atoms with E-state index in [9.17, 15) is 5.11 Å². The minimum absolute atomic E-state index is 0.125. The number of phenols is 1. The predicted octanol–water partition coefficient (Wildman–Crippen LogP) is 4.22. The van der Waals surface area contributed by atoms with Crippen molar-refractivity contribution in [1.82, 2.24) is 15.0 Å². The van der Waals surface area contributed by atoms with E-state index in [1.54, 1.807) is 18.2 Å². The molecule has 1 aliphatic rings. The second-order valence-corrected chi connectivity index (χ2v) is 7.75. The van der Waals surface area contributed by atoms with Crippen LogP contribution in [-0.4, -0.2) is 40.3 Å². The average molecular weight is 414 g/mol. The third-order valence-electron chi connectivity index (χ3n) is 5.21. The number of hydrogen-bond acceptors (Lipinski definition) is 5. The zero-order valence-corrected chi connectivity index (χ0v) is 16.1. The average Bonchev–Trinajstić information content (AvgIpc) is 3.16. The van der Waals surface area contributed by atoms with Gasteiger partial charge in [-0.3, -0.25) is 0 Å². The number of hydrogen-bond donors (Lipinski definition) is 1. The van der Waals surface area contributed by atoms with Crippen LogP contribution in [0.5, 0.6) is 5.75 Å². The molecule has 0 atom stereocenters. The largest absolute Gasteiger partial charge is 0.507 e. The minimum atomic E-state index is -0.267. The van der Waals surface area contributed by atoms with E-state index < -0.39 is 0 Å². The fourth-order valence-corrected chi connectivity index (χ4v) is 3.97. The highest BCUT2D eigenvalue weighted by molar-refractivity contribution is 9.10. The molecule has 0 unspecified atom stereocenters. The molecule has 1 saturated heterocycles. The summed E-state index contributed by atoms with van der Waals surface area (Å²) in [6.45, 7) is 1.95. The maximum absolute atomic E-state index is 10.2. The number of aromatic hydroxyl groups is 1. The molecule has 3 aromatic rings. The summed E-state index contributed by atoms with van der Waals surface area (Å²) in [6, 6.07) is 15.6. The number of aromatic nitrogens is 2. The van der Waals surface area contributed by atoms with Crippen molar-refractivity contribution in [2.24, 2.45) is 0 Å². The van der Waals surface area contributed by atoms with Gasteiger partial charge in [-0.1, -0.05) is 51.4 Å². The number of phenolic OH excluding ortho intramolecular Hbond substituents is 1. The van der Waals surface area contributed by atoms with Crippen molar-refractivity contribution in [3.05, 3.63) is 64.4 Å². The highest BCUT2D eigenvalue weighted by Crippen LogP contribution is 2.41. The van der Waals surface area contributed by atoms with Crippen LogP contribution < -0.4 is 0 Å². The molecule has 1 aromatic heterocycles. The maximum Gasteiger partial charge on any atom is 0.261 e. The molecule has 4 rings (SSSR count). The second-order valence-electron chi connectivity index (χ2n) is 6.84. The summed E-state index contributed by atoms with van der Waals surface area (Å²) in [5, 5.41) is 14.5. The van der Waals surface area contributed by atoms with Crippen molar-refractivity contribution in [1.29, 1.82) is 0 Å². The van der Waals surface area contributed by atoms with Gasteiger partial charge < -0.3 is 14.5 Å².